The molecule has 2 N–H and O–H groups in total. The van der Waals surface area contributed by atoms with Crippen LogP contribution in [0.15, 0.2) is 12.1 Å². The lowest BCUT2D eigenvalue weighted by Gasteiger charge is -2.14. The van der Waals surface area contributed by atoms with Crippen molar-refractivity contribution in [2.75, 3.05) is 39.7 Å². The second kappa shape index (κ2) is 7.35. The van der Waals surface area contributed by atoms with E-state index in [1.165, 1.54) is 0 Å². The lowest BCUT2D eigenvalue weighted by atomic mass is 10.2. The number of methoxy groups -OCH3 is 3. The fourth-order valence-corrected chi connectivity index (χ4v) is 1.63. The number of rotatable bonds is 7. The van der Waals surface area contributed by atoms with Gasteiger partial charge in [-0.15, -0.1) is 0 Å². The zero-order valence-corrected chi connectivity index (χ0v) is 11.7. The SMILES string of the molecule is CCNC(=O)CNc1cc(OC)c(OC)c(OC)c1. The molecule has 0 aliphatic rings. The Morgan fingerprint density at radius 3 is 2.11 bits per heavy atom. The highest BCUT2D eigenvalue weighted by atomic mass is 16.5. The third-order valence-electron chi connectivity index (χ3n) is 2.49. The minimum absolute atomic E-state index is 0.0729. The van der Waals surface area contributed by atoms with Gasteiger partial charge in [-0.25, -0.2) is 0 Å². The van der Waals surface area contributed by atoms with E-state index in [0.29, 0.717) is 23.8 Å². The fourth-order valence-electron chi connectivity index (χ4n) is 1.63. The molecule has 1 rings (SSSR count). The minimum Gasteiger partial charge on any atom is -0.493 e. The number of ether oxygens (including phenoxy) is 3. The molecular formula is C13H20N2O4. The van der Waals surface area contributed by atoms with Crippen LogP contribution in [0, 0.1) is 0 Å². The molecule has 6 nitrogen and oxygen atoms in total. The molecule has 0 atom stereocenters. The number of carbonyl (C=O) groups is 1. The maximum Gasteiger partial charge on any atom is 0.239 e. The summed E-state index contributed by atoms with van der Waals surface area (Å²) in [6.45, 7) is 2.67. The number of nitrogens with one attached hydrogen (secondary N) is 2. The van der Waals surface area contributed by atoms with E-state index in [0.717, 1.165) is 5.69 Å². The summed E-state index contributed by atoms with van der Waals surface area (Å²) in [6, 6.07) is 3.50. The molecule has 0 aliphatic heterocycles. The number of amides is 1. The van der Waals surface area contributed by atoms with E-state index in [1.54, 1.807) is 33.5 Å². The summed E-state index contributed by atoms with van der Waals surface area (Å²) in [5, 5.41) is 5.71. The molecule has 0 aromatic heterocycles. The smallest absolute Gasteiger partial charge is 0.239 e. The molecule has 0 bridgehead atoms. The van der Waals surface area contributed by atoms with Crippen molar-refractivity contribution in [1.29, 1.82) is 0 Å². The Morgan fingerprint density at radius 2 is 1.68 bits per heavy atom. The van der Waals surface area contributed by atoms with Crippen LogP contribution in [0.2, 0.25) is 0 Å². The van der Waals surface area contributed by atoms with Crippen molar-refractivity contribution >= 4 is 11.6 Å². The van der Waals surface area contributed by atoms with Gasteiger partial charge in [-0.3, -0.25) is 4.79 Å². The largest absolute Gasteiger partial charge is 0.493 e. The van der Waals surface area contributed by atoms with Gasteiger partial charge < -0.3 is 24.8 Å². The summed E-state index contributed by atoms with van der Waals surface area (Å²) in [5.41, 5.74) is 0.723. The number of carbonyl (C=O) groups excluding carboxylic acids is 1. The molecule has 19 heavy (non-hydrogen) atoms. The molecule has 0 spiro atoms. The van der Waals surface area contributed by atoms with Gasteiger partial charge in [0, 0.05) is 24.4 Å². The van der Waals surface area contributed by atoms with Gasteiger partial charge in [0.1, 0.15) is 0 Å². The first-order valence-electron chi connectivity index (χ1n) is 5.96. The zero-order valence-electron chi connectivity index (χ0n) is 11.7. The molecule has 0 radical (unpaired) electrons. The number of hydrogen-bond acceptors (Lipinski definition) is 5. The Kier molecular flexibility index (Phi) is 5.78. The average Bonchev–Trinajstić information content (AvgIpc) is 2.44. The van der Waals surface area contributed by atoms with Crippen molar-refractivity contribution in [2.24, 2.45) is 0 Å². The van der Waals surface area contributed by atoms with Crippen molar-refractivity contribution in [3.8, 4) is 17.2 Å². The van der Waals surface area contributed by atoms with Crippen LogP contribution >= 0.6 is 0 Å². The Balaban J connectivity index is 2.87. The van der Waals surface area contributed by atoms with Crippen molar-refractivity contribution in [2.45, 2.75) is 6.92 Å². The molecule has 0 fully saturated rings. The maximum atomic E-state index is 11.4. The predicted octanol–water partition coefficient (Wildman–Crippen LogP) is 1.26. The van der Waals surface area contributed by atoms with E-state index in [-0.39, 0.29) is 12.5 Å². The number of hydrogen-bond donors (Lipinski definition) is 2. The first-order chi connectivity index (χ1) is 9.15. The van der Waals surface area contributed by atoms with Crippen LogP contribution in [-0.4, -0.2) is 40.3 Å². The molecular weight excluding hydrogens is 248 g/mol. The quantitative estimate of drug-likeness (QED) is 0.779. The maximum absolute atomic E-state index is 11.4. The van der Waals surface area contributed by atoms with E-state index in [2.05, 4.69) is 10.6 Å². The van der Waals surface area contributed by atoms with Crippen LogP contribution in [0.25, 0.3) is 0 Å². The molecule has 1 aromatic rings. The lowest BCUT2D eigenvalue weighted by Crippen LogP contribution is -2.29. The molecule has 6 heteroatoms. The molecule has 1 amide bonds. The van der Waals surface area contributed by atoms with Gasteiger partial charge in [-0.05, 0) is 6.92 Å². The van der Waals surface area contributed by atoms with E-state index >= 15 is 0 Å². The summed E-state index contributed by atoms with van der Waals surface area (Å²) in [4.78, 5) is 11.4. The van der Waals surface area contributed by atoms with Gasteiger partial charge >= 0.3 is 0 Å². The summed E-state index contributed by atoms with van der Waals surface area (Å²) in [6.07, 6.45) is 0. The van der Waals surface area contributed by atoms with Crippen LogP contribution in [0.3, 0.4) is 0 Å². The zero-order chi connectivity index (χ0) is 14.3. The van der Waals surface area contributed by atoms with Crippen molar-refractivity contribution in [1.82, 2.24) is 5.32 Å². The first kappa shape index (κ1) is 14.9. The monoisotopic (exact) mass is 268 g/mol. The third-order valence-corrected chi connectivity index (χ3v) is 2.49. The number of anilines is 1. The van der Waals surface area contributed by atoms with Crippen LogP contribution in [0.4, 0.5) is 5.69 Å². The minimum atomic E-state index is -0.0729. The Bertz CT molecular complexity index is 410. The van der Waals surface area contributed by atoms with Gasteiger partial charge in [-0.1, -0.05) is 0 Å². The Morgan fingerprint density at radius 1 is 1.11 bits per heavy atom. The molecule has 106 valence electrons. The van der Waals surface area contributed by atoms with E-state index < -0.39 is 0 Å². The van der Waals surface area contributed by atoms with Crippen LogP contribution in [0.5, 0.6) is 17.2 Å². The molecule has 0 aliphatic carbocycles. The lowest BCUT2D eigenvalue weighted by molar-refractivity contribution is -0.119. The molecule has 0 heterocycles. The second-order valence-electron chi connectivity index (χ2n) is 3.72. The normalized spacial score (nSPS) is 9.68. The van der Waals surface area contributed by atoms with Crippen molar-refractivity contribution < 1.29 is 19.0 Å². The summed E-state index contributed by atoms with van der Waals surface area (Å²) in [7, 11) is 4.64. The fraction of sp³-hybridized carbons (Fsp3) is 0.462. The van der Waals surface area contributed by atoms with Gasteiger partial charge in [-0.2, -0.15) is 0 Å². The molecule has 0 saturated heterocycles. The summed E-state index contributed by atoms with van der Waals surface area (Å²) >= 11 is 0. The summed E-state index contributed by atoms with van der Waals surface area (Å²) in [5.74, 6) is 1.53. The van der Waals surface area contributed by atoms with Gasteiger partial charge in [0.05, 0.1) is 27.9 Å². The van der Waals surface area contributed by atoms with E-state index in [9.17, 15) is 4.79 Å². The highest BCUT2D eigenvalue weighted by molar-refractivity contribution is 5.81. The number of benzene rings is 1. The third kappa shape index (κ3) is 3.94. The molecule has 1 aromatic carbocycles. The van der Waals surface area contributed by atoms with Gasteiger partial charge in [0.2, 0.25) is 11.7 Å². The predicted molar refractivity (Wildman–Crippen MR) is 73.3 cm³/mol. The van der Waals surface area contributed by atoms with Crippen LogP contribution < -0.4 is 24.8 Å². The van der Waals surface area contributed by atoms with Gasteiger partial charge in [0.15, 0.2) is 11.5 Å². The summed E-state index contributed by atoms with van der Waals surface area (Å²) < 4.78 is 15.7. The van der Waals surface area contributed by atoms with Crippen LogP contribution in [0.1, 0.15) is 6.92 Å². The van der Waals surface area contributed by atoms with E-state index in [1.807, 2.05) is 6.92 Å². The van der Waals surface area contributed by atoms with Gasteiger partial charge in [0.25, 0.3) is 0 Å². The highest BCUT2D eigenvalue weighted by Gasteiger charge is 2.13. The highest BCUT2D eigenvalue weighted by Crippen LogP contribution is 2.39. The van der Waals surface area contributed by atoms with E-state index in [4.69, 9.17) is 14.2 Å². The van der Waals surface area contributed by atoms with Crippen molar-refractivity contribution in [3.63, 3.8) is 0 Å². The molecule has 0 unspecified atom stereocenters. The van der Waals surface area contributed by atoms with Crippen molar-refractivity contribution in [3.05, 3.63) is 12.1 Å². The Labute approximate surface area is 113 Å². The standard InChI is InChI=1S/C13H20N2O4/c1-5-14-12(16)8-15-9-6-10(17-2)13(19-4)11(7-9)18-3/h6-7,15H,5,8H2,1-4H3,(H,14,16). The second-order valence-corrected chi connectivity index (χ2v) is 3.72. The van der Waals surface area contributed by atoms with Crippen LogP contribution in [-0.2, 0) is 4.79 Å². The topological polar surface area (TPSA) is 68.8 Å². The Hall–Kier alpha value is -2.11. The molecule has 0 saturated carbocycles. The number of likely N-dealkylation sites (N-methyl/N-ethyl adjacent to an activating group) is 1. The first-order valence-corrected chi connectivity index (χ1v) is 5.96. The average molecular weight is 268 g/mol.